The number of pyridine rings is 2. The number of hydrogen-bond acceptors (Lipinski definition) is 8. The third kappa shape index (κ3) is 5.61. The third-order valence-electron chi connectivity index (χ3n) is 6.43. The van der Waals surface area contributed by atoms with Gasteiger partial charge < -0.3 is 16.0 Å². The van der Waals surface area contributed by atoms with E-state index in [-0.39, 0.29) is 18.2 Å². The van der Waals surface area contributed by atoms with Crippen LogP contribution < -0.4 is 16.0 Å². The molecule has 2 unspecified atom stereocenters. The molecule has 0 radical (unpaired) electrons. The second kappa shape index (κ2) is 10.6. The van der Waals surface area contributed by atoms with Crippen LogP contribution in [-0.2, 0) is 0 Å². The molecule has 0 spiro atoms. The van der Waals surface area contributed by atoms with E-state index in [4.69, 9.17) is 9.97 Å². The number of aryl methyl sites for hydroxylation is 1. The van der Waals surface area contributed by atoms with Crippen LogP contribution in [0.3, 0.4) is 0 Å². The molecule has 3 aromatic heterocycles. The fourth-order valence-electron chi connectivity index (χ4n) is 4.44. The maximum atomic E-state index is 14.7. The number of aliphatic imine (C=N–C) groups is 1. The van der Waals surface area contributed by atoms with E-state index in [1.807, 2.05) is 6.92 Å². The largest absolute Gasteiger partial charge is 0.364 e. The van der Waals surface area contributed by atoms with Gasteiger partial charge in [-0.1, -0.05) is 0 Å². The molecule has 1 saturated heterocycles. The molecule has 1 aliphatic carbocycles. The smallest absolute Gasteiger partial charge is 0.168 e. The summed E-state index contributed by atoms with van der Waals surface area (Å²) in [5.41, 5.74) is 3.13. The van der Waals surface area contributed by atoms with Crippen LogP contribution >= 0.6 is 0 Å². The Labute approximate surface area is 212 Å². The first-order chi connectivity index (χ1) is 17.9. The number of nitrogens with zero attached hydrogens (tertiary/aromatic N) is 5. The Morgan fingerprint density at radius 3 is 2.73 bits per heavy atom. The topological polar surface area (TPSA) is 100 Å². The summed E-state index contributed by atoms with van der Waals surface area (Å²) in [4.78, 5) is 21.5. The third-order valence-corrected chi connectivity index (χ3v) is 6.43. The van der Waals surface area contributed by atoms with Crippen molar-refractivity contribution in [2.75, 3.05) is 23.7 Å². The standard InChI is InChI=1S/C26H27F3N8/c1-14-23(18(12-30-2)15-3-4-15)26(35-21-6-7-31-13-20(21)29)37-24(34-14)16-5-8-32-22(9-16)36-25-19(28)10-17(27)11-33-25/h5,8-12,15,20-21,31H,2-4,6-7,13H2,1H3,(H,32,33,36)(H,34,35,37)/b18-12-. The van der Waals surface area contributed by atoms with Crippen LogP contribution in [0.4, 0.5) is 30.6 Å². The summed E-state index contributed by atoms with van der Waals surface area (Å²) in [7, 11) is 0. The van der Waals surface area contributed by atoms with Gasteiger partial charge in [0.15, 0.2) is 17.5 Å². The van der Waals surface area contributed by atoms with E-state index >= 15 is 0 Å². The van der Waals surface area contributed by atoms with Gasteiger partial charge >= 0.3 is 0 Å². The Balaban J connectivity index is 1.53. The van der Waals surface area contributed by atoms with Crippen LogP contribution in [0.2, 0.25) is 0 Å². The molecule has 11 heteroatoms. The van der Waals surface area contributed by atoms with Crippen LogP contribution in [-0.4, -0.2) is 52.0 Å². The molecule has 1 aliphatic heterocycles. The van der Waals surface area contributed by atoms with E-state index in [9.17, 15) is 13.2 Å². The van der Waals surface area contributed by atoms with E-state index in [0.29, 0.717) is 36.1 Å². The molecule has 1 saturated carbocycles. The predicted molar refractivity (Wildman–Crippen MR) is 137 cm³/mol. The maximum absolute atomic E-state index is 14.7. The van der Waals surface area contributed by atoms with Crippen molar-refractivity contribution in [3.05, 3.63) is 59.7 Å². The predicted octanol–water partition coefficient (Wildman–Crippen LogP) is 4.83. The van der Waals surface area contributed by atoms with Gasteiger partial charge in [-0.25, -0.2) is 33.1 Å². The highest BCUT2D eigenvalue weighted by Crippen LogP contribution is 2.45. The van der Waals surface area contributed by atoms with Crippen LogP contribution in [0.15, 0.2) is 41.8 Å². The van der Waals surface area contributed by atoms with Gasteiger partial charge in [-0.15, -0.1) is 0 Å². The maximum Gasteiger partial charge on any atom is 0.168 e. The molecule has 0 amide bonds. The lowest BCUT2D eigenvalue weighted by atomic mass is 9.99. The zero-order valence-electron chi connectivity index (χ0n) is 20.3. The molecular weight excluding hydrogens is 481 g/mol. The molecule has 0 bridgehead atoms. The quantitative estimate of drug-likeness (QED) is 0.375. The molecule has 192 valence electrons. The van der Waals surface area contributed by atoms with Crippen molar-refractivity contribution >= 4 is 29.7 Å². The van der Waals surface area contributed by atoms with E-state index in [0.717, 1.165) is 41.9 Å². The lowest BCUT2D eigenvalue weighted by Gasteiger charge is -2.29. The first kappa shape index (κ1) is 24.8. The van der Waals surface area contributed by atoms with Crippen LogP contribution in [0, 0.1) is 24.5 Å². The lowest BCUT2D eigenvalue weighted by Crippen LogP contribution is -2.45. The number of halogens is 3. The van der Waals surface area contributed by atoms with Crippen LogP contribution in [0.5, 0.6) is 0 Å². The average molecular weight is 509 g/mol. The summed E-state index contributed by atoms with van der Waals surface area (Å²) in [6, 6.07) is 3.71. The van der Waals surface area contributed by atoms with Crippen molar-refractivity contribution in [1.29, 1.82) is 0 Å². The molecule has 3 N–H and O–H groups in total. The Kier molecular flexibility index (Phi) is 7.13. The lowest BCUT2D eigenvalue weighted by molar-refractivity contribution is 0.244. The highest BCUT2D eigenvalue weighted by atomic mass is 19.1. The number of allylic oxidation sites excluding steroid dienone is 1. The Hall–Kier alpha value is -3.86. The molecule has 2 fully saturated rings. The highest BCUT2D eigenvalue weighted by molar-refractivity contribution is 5.80. The number of nitrogens with one attached hydrogen (secondary N) is 3. The summed E-state index contributed by atoms with van der Waals surface area (Å²) < 4.78 is 42.1. The Morgan fingerprint density at radius 2 is 2.00 bits per heavy atom. The SMILES string of the molecule is C=N/C=C(\c1c(C)nc(-c2ccnc(Nc3ncc(F)cc3F)c2)nc1NC1CCNCC1F)C1CC1. The number of alkyl halides is 1. The molecule has 0 aromatic carbocycles. The molecule has 5 rings (SSSR count). The van der Waals surface area contributed by atoms with Gasteiger partial charge in [-0.3, -0.25) is 4.99 Å². The van der Waals surface area contributed by atoms with Crippen LogP contribution in [0.25, 0.3) is 17.0 Å². The van der Waals surface area contributed by atoms with Crippen molar-refractivity contribution in [2.24, 2.45) is 10.9 Å². The fourth-order valence-corrected chi connectivity index (χ4v) is 4.44. The molecule has 3 aromatic rings. The van der Waals surface area contributed by atoms with E-state index in [1.54, 1.807) is 18.3 Å². The van der Waals surface area contributed by atoms with Crippen molar-refractivity contribution in [3.63, 3.8) is 0 Å². The number of aromatic nitrogens is 4. The zero-order chi connectivity index (χ0) is 25.9. The second-order valence-electron chi connectivity index (χ2n) is 9.20. The highest BCUT2D eigenvalue weighted by Gasteiger charge is 2.32. The summed E-state index contributed by atoms with van der Waals surface area (Å²) >= 11 is 0. The molecule has 2 aliphatic rings. The van der Waals surface area contributed by atoms with Gasteiger partial charge in [0.1, 0.15) is 23.6 Å². The van der Waals surface area contributed by atoms with E-state index < -0.39 is 23.8 Å². The van der Waals surface area contributed by atoms with Crippen LogP contribution in [0.1, 0.15) is 30.5 Å². The van der Waals surface area contributed by atoms with Gasteiger partial charge in [-0.05, 0) is 63.1 Å². The van der Waals surface area contributed by atoms with Gasteiger partial charge in [0, 0.05) is 36.1 Å². The monoisotopic (exact) mass is 508 g/mol. The zero-order valence-corrected chi connectivity index (χ0v) is 20.3. The molecule has 37 heavy (non-hydrogen) atoms. The van der Waals surface area contributed by atoms with Crippen molar-refractivity contribution < 1.29 is 13.2 Å². The number of rotatable bonds is 8. The number of hydrogen-bond donors (Lipinski definition) is 3. The molecular formula is C26H27F3N8. The molecule has 8 nitrogen and oxygen atoms in total. The van der Waals surface area contributed by atoms with Gasteiger partial charge in [0.05, 0.1) is 17.9 Å². The summed E-state index contributed by atoms with van der Waals surface area (Å²) in [5, 5.41) is 9.17. The van der Waals surface area contributed by atoms with E-state index in [1.165, 1.54) is 6.20 Å². The summed E-state index contributed by atoms with van der Waals surface area (Å²) in [6.45, 7) is 6.49. The minimum absolute atomic E-state index is 0.156. The van der Waals surface area contributed by atoms with Crippen molar-refractivity contribution in [1.82, 2.24) is 25.3 Å². The first-order valence-electron chi connectivity index (χ1n) is 12.1. The normalized spacial score (nSPS) is 19.9. The Bertz CT molecular complexity index is 1340. The number of piperidine rings is 1. The number of anilines is 3. The van der Waals surface area contributed by atoms with Gasteiger partial charge in [0.25, 0.3) is 0 Å². The minimum Gasteiger partial charge on any atom is -0.364 e. The molecule has 4 heterocycles. The first-order valence-corrected chi connectivity index (χ1v) is 12.1. The summed E-state index contributed by atoms with van der Waals surface area (Å²) in [6.07, 6.45) is 5.80. The van der Waals surface area contributed by atoms with Gasteiger partial charge in [-0.2, -0.15) is 0 Å². The van der Waals surface area contributed by atoms with Crippen molar-refractivity contribution in [3.8, 4) is 11.4 Å². The fraction of sp³-hybridized carbons (Fsp3) is 0.346. The minimum atomic E-state index is -1.07. The van der Waals surface area contributed by atoms with Crippen molar-refractivity contribution in [2.45, 2.75) is 38.4 Å². The molecule has 2 atom stereocenters. The van der Waals surface area contributed by atoms with Gasteiger partial charge in [0.2, 0.25) is 0 Å². The summed E-state index contributed by atoms with van der Waals surface area (Å²) in [5.74, 6) is -0.214. The second-order valence-corrected chi connectivity index (χ2v) is 9.20. The van der Waals surface area contributed by atoms with E-state index in [2.05, 4.69) is 37.6 Å². The Morgan fingerprint density at radius 1 is 1.16 bits per heavy atom. The average Bonchev–Trinajstić information content (AvgIpc) is 3.72.